The monoisotopic (exact) mass is 333 g/mol. The largest absolute Gasteiger partial charge is 0.367 e. The number of nitrogens with zero attached hydrogens (tertiary/aromatic N) is 4. The summed E-state index contributed by atoms with van der Waals surface area (Å²) < 4.78 is 0. The van der Waals surface area contributed by atoms with Gasteiger partial charge in [0, 0.05) is 43.6 Å². The average Bonchev–Trinajstić information content (AvgIpc) is 2.99. The lowest BCUT2D eigenvalue weighted by atomic mass is 10.2. The van der Waals surface area contributed by atoms with Crippen LogP contribution >= 0.6 is 11.3 Å². The highest BCUT2D eigenvalue weighted by atomic mass is 32.1. The van der Waals surface area contributed by atoms with E-state index in [1.807, 2.05) is 0 Å². The van der Waals surface area contributed by atoms with Crippen LogP contribution in [0.4, 0.5) is 5.82 Å². The Labute approximate surface area is 142 Å². The first-order chi connectivity index (χ1) is 11.2. The van der Waals surface area contributed by atoms with Gasteiger partial charge in [-0.2, -0.15) is 0 Å². The molecule has 3 rings (SSSR count). The number of thiophene rings is 1. The van der Waals surface area contributed by atoms with Crippen LogP contribution in [-0.2, 0) is 6.42 Å². The van der Waals surface area contributed by atoms with E-state index < -0.39 is 0 Å². The molecular weight excluding hydrogens is 306 g/mol. The Hall–Kier alpha value is -1.24. The number of aromatic nitrogens is 2. The van der Waals surface area contributed by atoms with E-state index in [0.29, 0.717) is 6.04 Å². The van der Waals surface area contributed by atoms with Crippen LogP contribution in [0, 0.1) is 0 Å². The zero-order chi connectivity index (χ0) is 16.2. The van der Waals surface area contributed by atoms with Gasteiger partial charge in [0.25, 0.3) is 0 Å². The topological polar surface area (TPSA) is 44.3 Å². The van der Waals surface area contributed by atoms with Gasteiger partial charge in [-0.15, -0.1) is 11.3 Å². The Morgan fingerprint density at radius 1 is 1.26 bits per heavy atom. The molecule has 0 saturated carbocycles. The first kappa shape index (κ1) is 16.6. The molecule has 6 heteroatoms. The molecule has 1 N–H and O–H groups in total. The van der Waals surface area contributed by atoms with Crippen molar-refractivity contribution in [1.82, 2.24) is 19.8 Å². The minimum atomic E-state index is 0.415. The van der Waals surface area contributed by atoms with Crippen LogP contribution in [-0.4, -0.2) is 65.6 Å². The van der Waals surface area contributed by atoms with Gasteiger partial charge in [-0.05, 0) is 32.9 Å². The van der Waals surface area contributed by atoms with Crippen LogP contribution in [0.2, 0.25) is 0 Å². The van der Waals surface area contributed by atoms with E-state index in [0.717, 1.165) is 30.0 Å². The molecule has 0 aromatic carbocycles. The second kappa shape index (κ2) is 7.55. The predicted molar refractivity (Wildman–Crippen MR) is 98.4 cm³/mol. The third kappa shape index (κ3) is 4.19. The third-order valence-electron chi connectivity index (χ3n) is 4.59. The highest BCUT2D eigenvalue weighted by Crippen LogP contribution is 2.28. The molecule has 3 heterocycles. The van der Waals surface area contributed by atoms with E-state index in [1.54, 1.807) is 17.7 Å². The van der Waals surface area contributed by atoms with Crippen molar-refractivity contribution in [3.63, 3.8) is 0 Å². The molecule has 1 aliphatic rings. The van der Waals surface area contributed by atoms with Crippen molar-refractivity contribution in [3.05, 3.63) is 17.3 Å². The summed E-state index contributed by atoms with van der Waals surface area (Å²) in [7, 11) is 2.20. The van der Waals surface area contributed by atoms with Crippen molar-refractivity contribution < 1.29 is 0 Å². The molecule has 126 valence electrons. The van der Waals surface area contributed by atoms with Crippen molar-refractivity contribution in [1.29, 1.82) is 0 Å². The lowest BCUT2D eigenvalue weighted by molar-refractivity contribution is 0.151. The minimum Gasteiger partial charge on any atom is -0.367 e. The van der Waals surface area contributed by atoms with Gasteiger partial charge in [-0.25, -0.2) is 9.97 Å². The van der Waals surface area contributed by atoms with E-state index in [4.69, 9.17) is 0 Å². The van der Waals surface area contributed by atoms with Crippen LogP contribution in [0.5, 0.6) is 0 Å². The summed E-state index contributed by atoms with van der Waals surface area (Å²) in [6.07, 6.45) is 3.87. The third-order valence-corrected chi connectivity index (χ3v) is 5.77. The molecule has 0 amide bonds. The maximum Gasteiger partial charge on any atom is 0.138 e. The van der Waals surface area contributed by atoms with Crippen LogP contribution in [0.1, 0.15) is 25.1 Å². The highest BCUT2D eigenvalue weighted by molar-refractivity contribution is 7.18. The Morgan fingerprint density at radius 2 is 2.04 bits per heavy atom. The van der Waals surface area contributed by atoms with Crippen LogP contribution in [0.15, 0.2) is 12.4 Å². The van der Waals surface area contributed by atoms with E-state index in [-0.39, 0.29) is 0 Å². The molecule has 5 nitrogen and oxygen atoms in total. The van der Waals surface area contributed by atoms with E-state index in [1.165, 1.54) is 36.4 Å². The van der Waals surface area contributed by atoms with Crippen molar-refractivity contribution in [2.45, 2.75) is 32.7 Å². The van der Waals surface area contributed by atoms with Crippen molar-refractivity contribution in [2.75, 3.05) is 45.1 Å². The van der Waals surface area contributed by atoms with E-state index in [9.17, 15) is 0 Å². The SMILES string of the molecule is CCc1cc2c(NC(C)CCN3CCN(C)CC3)ncnc2s1. The minimum absolute atomic E-state index is 0.415. The summed E-state index contributed by atoms with van der Waals surface area (Å²) >= 11 is 1.77. The van der Waals surface area contributed by atoms with Gasteiger partial charge in [0.2, 0.25) is 0 Å². The molecule has 23 heavy (non-hydrogen) atoms. The van der Waals surface area contributed by atoms with Gasteiger partial charge >= 0.3 is 0 Å². The summed E-state index contributed by atoms with van der Waals surface area (Å²) in [5, 5.41) is 4.76. The maximum absolute atomic E-state index is 4.46. The number of fused-ring (bicyclic) bond motifs is 1. The summed E-state index contributed by atoms with van der Waals surface area (Å²) in [5.74, 6) is 0.983. The molecule has 0 bridgehead atoms. The molecule has 1 unspecified atom stereocenters. The molecule has 0 radical (unpaired) electrons. The molecule has 1 fully saturated rings. The van der Waals surface area contributed by atoms with Gasteiger partial charge in [0.15, 0.2) is 0 Å². The fourth-order valence-electron chi connectivity index (χ4n) is 2.95. The quantitative estimate of drug-likeness (QED) is 0.880. The summed E-state index contributed by atoms with van der Waals surface area (Å²) in [4.78, 5) is 16.3. The molecule has 2 aromatic heterocycles. The standard InChI is InChI=1S/C17H27N5S/c1-4-14-11-15-16(18-12-19-17(15)23-14)20-13(2)5-6-22-9-7-21(3)8-10-22/h11-13H,4-10H2,1-3H3,(H,18,19,20). The molecule has 1 atom stereocenters. The number of hydrogen-bond acceptors (Lipinski definition) is 6. The molecule has 1 aliphatic heterocycles. The highest BCUT2D eigenvalue weighted by Gasteiger charge is 2.15. The van der Waals surface area contributed by atoms with Gasteiger partial charge in [-0.1, -0.05) is 6.92 Å². The first-order valence-electron chi connectivity index (χ1n) is 8.56. The second-order valence-electron chi connectivity index (χ2n) is 6.49. The molecule has 0 aliphatic carbocycles. The first-order valence-corrected chi connectivity index (χ1v) is 9.38. The van der Waals surface area contributed by atoms with Gasteiger partial charge in [0.1, 0.15) is 17.0 Å². The molecule has 2 aromatic rings. The molecular formula is C17H27N5S. The van der Waals surface area contributed by atoms with Gasteiger partial charge in [-0.3, -0.25) is 0 Å². The fraction of sp³-hybridized carbons (Fsp3) is 0.647. The Kier molecular flexibility index (Phi) is 5.46. The van der Waals surface area contributed by atoms with Crippen LogP contribution in [0.25, 0.3) is 10.2 Å². The zero-order valence-electron chi connectivity index (χ0n) is 14.4. The Balaban J connectivity index is 1.57. The van der Waals surface area contributed by atoms with Crippen LogP contribution in [0.3, 0.4) is 0 Å². The lowest BCUT2D eigenvalue weighted by Crippen LogP contribution is -2.45. The number of anilines is 1. The Morgan fingerprint density at radius 3 is 2.78 bits per heavy atom. The lowest BCUT2D eigenvalue weighted by Gasteiger charge is -2.33. The zero-order valence-corrected chi connectivity index (χ0v) is 15.2. The van der Waals surface area contributed by atoms with Gasteiger partial charge in [0.05, 0.1) is 5.39 Å². The fourth-order valence-corrected chi connectivity index (χ4v) is 3.88. The second-order valence-corrected chi connectivity index (χ2v) is 7.60. The smallest absolute Gasteiger partial charge is 0.138 e. The van der Waals surface area contributed by atoms with E-state index >= 15 is 0 Å². The number of nitrogens with one attached hydrogen (secondary N) is 1. The number of piperazine rings is 1. The van der Waals surface area contributed by atoms with Crippen molar-refractivity contribution in [3.8, 4) is 0 Å². The molecule has 0 spiro atoms. The average molecular weight is 334 g/mol. The van der Waals surface area contributed by atoms with Crippen molar-refractivity contribution >= 4 is 27.4 Å². The van der Waals surface area contributed by atoms with Crippen LogP contribution < -0.4 is 5.32 Å². The summed E-state index contributed by atoms with van der Waals surface area (Å²) in [5.41, 5.74) is 0. The predicted octanol–water partition coefficient (Wildman–Crippen LogP) is 2.69. The summed E-state index contributed by atoms with van der Waals surface area (Å²) in [6.45, 7) is 10.3. The van der Waals surface area contributed by atoms with Crippen molar-refractivity contribution in [2.24, 2.45) is 0 Å². The number of rotatable bonds is 6. The maximum atomic E-state index is 4.46. The molecule has 1 saturated heterocycles. The van der Waals surface area contributed by atoms with Gasteiger partial charge < -0.3 is 15.1 Å². The van der Waals surface area contributed by atoms with E-state index in [2.05, 4.69) is 52.0 Å². The Bertz CT molecular complexity index is 633. The number of hydrogen-bond donors (Lipinski definition) is 1. The summed E-state index contributed by atoms with van der Waals surface area (Å²) in [6, 6.07) is 2.65. The normalized spacial score (nSPS) is 18.4. The number of likely N-dealkylation sites (N-methyl/N-ethyl adjacent to an activating group) is 1. The number of aryl methyl sites for hydroxylation is 1.